The number of fused-ring (bicyclic) bond motifs is 2. The number of aromatic amines is 1. The molecule has 6 rings (SSSR count). The molecule has 0 radical (unpaired) electrons. The van der Waals surface area contributed by atoms with Gasteiger partial charge in [-0.05, 0) is 19.9 Å². The molecule has 6 heterocycles. The fourth-order valence-electron chi connectivity index (χ4n) is 4.56. The molecule has 0 aromatic carbocycles. The third-order valence-corrected chi connectivity index (χ3v) is 6.44. The Morgan fingerprint density at radius 2 is 2.03 bits per heavy atom. The van der Waals surface area contributed by atoms with Crippen molar-refractivity contribution in [3.05, 3.63) is 54.3 Å². The van der Waals surface area contributed by atoms with Crippen LogP contribution in [0.3, 0.4) is 0 Å². The van der Waals surface area contributed by atoms with Crippen molar-refractivity contribution in [1.29, 1.82) is 0 Å². The fourth-order valence-corrected chi connectivity index (χ4v) is 4.56. The van der Waals surface area contributed by atoms with Gasteiger partial charge in [-0.2, -0.15) is 5.10 Å². The first-order valence-electron chi connectivity index (χ1n) is 12.1. The van der Waals surface area contributed by atoms with Crippen LogP contribution in [0, 0.1) is 0 Å². The highest BCUT2D eigenvalue weighted by Gasteiger charge is 2.32. The number of nitrogens with one attached hydrogen (secondary N) is 3. The third kappa shape index (κ3) is 4.03. The average Bonchev–Trinajstić information content (AvgIpc) is 3.53. The summed E-state index contributed by atoms with van der Waals surface area (Å²) < 4.78 is 7.29. The fraction of sp³-hybridized carbons (Fsp3) is 0.375. The van der Waals surface area contributed by atoms with Crippen molar-refractivity contribution in [2.75, 3.05) is 36.5 Å². The summed E-state index contributed by atoms with van der Waals surface area (Å²) in [7, 11) is 0. The summed E-state index contributed by atoms with van der Waals surface area (Å²) in [6.45, 7) is 7.65. The summed E-state index contributed by atoms with van der Waals surface area (Å²) in [5.41, 5.74) is 4.23. The van der Waals surface area contributed by atoms with E-state index < -0.39 is 6.23 Å². The summed E-state index contributed by atoms with van der Waals surface area (Å²) in [6, 6.07) is 3.54. The molecule has 12 heteroatoms. The van der Waals surface area contributed by atoms with Crippen molar-refractivity contribution in [2.45, 2.75) is 32.7 Å². The maximum Gasteiger partial charge on any atom is 0.156 e. The molecule has 186 valence electrons. The first kappa shape index (κ1) is 22.4. The third-order valence-electron chi connectivity index (χ3n) is 6.44. The number of morpholine rings is 1. The molecule has 4 aromatic rings. The molecule has 1 saturated heterocycles. The van der Waals surface area contributed by atoms with Gasteiger partial charge >= 0.3 is 0 Å². The lowest BCUT2D eigenvalue weighted by Gasteiger charge is -2.27. The van der Waals surface area contributed by atoms with Gasteiger partial charge in [0.05, 0.1) is 47.9 Å². The van der Waals surface area contributed by atoms with Gasteiger partial charge in [0, 0.05) is 44.3 Å². The molecule has 4 N–H and O–H groups in total. The predicted molar refractivity (Wildman–Crippen MR) is 135 cm³/mol. The van der Waals surface area contributed by atoms with Crippen LogP contribution < -0.4 is 15.5 Å². The normalized spacial score (nSPS) is 18.8. The van der Waals surface area contributed by atoms with Gasteiger partial charge in [-0.15, -0.1) is 0 Å². The number of ether oxygens (including phenoxy) is 1. The molecule has 0 bridgehead atoms. The van der Waals surface area contributed by atoms with Crippen molar-refractivity contribution in [1.82, 2.24) is 40.0 Å². The first-order valence-corrected chi connectivity index (χ1v) is 12.1. The van der Waals surface area contributed by atoms with Crippen LogP contribution in [0.25, 0.3) is 22.3 Å². The number of aliphatic hydroxyl groups excluding tert-OH is 1. The zero-order chi connectivity index (χ0) is 24.6. The van der Waals surface area contributed by atoms with Gasteiger partial charge in [0.25, 0.3) is 0 Å². The second-order valence-corrected chi connectivity index (χ2v) is 8.80. The molecule has 0 amide bonds. The molecular weight excluding hydrogens is 460 g/mol. The molecule has 36 heavy (non-hydrogen) atoms. The monoisotopic (exact) mass is 488 g/mol. The number of H-pyrrole nitrogens is 1. The topological polar surface area (TPSA) is 142 Å². The van der Waals surface area contributed by atoms with E-state index in [1.54, 1.807) is 24.7 Å². The number of aryl methyl sites for hydroxylation is 1. The SMILES string of the molecule is CCn1cc2c(n1)C(N[C@@H](C)c1ncccn1)=C(c1nc3cnc(N4CCOCC4)cc3[nH]1)C(O)N2. The largest absolute Gasteiger partial charge is 0.378 e. The highest BCUT2D eigenvalue weighted by Crippen LogP contribution is 2.37. The van der Waals surface area contributed by atoms with E-state index in [2.05, 4.69) is 35.5 Å². The number of imidazole rings is 1. The number of nitrogens with zero attached hydrogens (tertiary/aromatic N) is 7. The van der Waals surface area contributed by atoms with Crippen LogP contribution >= 0.6 is 0 Å². The van der Waals surface area contributed by atoms with Gasteiger partial charge in [0.2, 0.25) is 0 Å². The molecule has 2 aliphatic rings. The molecule has 2 aliphatic heterocycles. The molecule has 0 saturated carbocycles. The van der Waals surface area contributed by atoms with Crippen LogP contribution in [0.15, 0.2) is 36.9 Å². The van der Waals surface area contributed by atoms with Crippen LogP contribution in [-0.4, -0.2) is 72.3 Å². The predicted octanol–water partition coefficient (Wildman–Crippen LogP) is 1.76. The Bertz CT molecular complexity index is 1410. The Balaban J connectivity index is 1.44. The van der Waals surface area contributed by atoms with E-state index in [9.17, 15) is 5.11 Å². The highest BCUT2D eigenvalue weighted by atomic mass is 16.5. The van der Waals surface area contributed by atoms with Crippen molar-refractivity contribution in [3.63, 3.8) is 0 Å². The standard InChI is InChI=1S/C24H28N10O2/c1-3-34-13-17-20(32-34)21(28-14(2)22-25-5-4-6-26-22)19(24(35)31-17)23-29-15-11-18(27-12-16(15)30-23)33-7-9-36-10-8-33/h4-6,11-14,24,28,31,35H,3,7-10H2,1-2H3,(H,29,30)/t14-,24?/m0/s1. The van der Waals surface area contributed by atoms with Gasteiger partial charge in [-0.25, -0.2) is 19.9 Å². The lowest BCUT2D eigenvalue weighted by atomic mass is 10.0. The van der Waals surface area contributed by atoms with Crippen LogP contribution in [0.4, 0.5) is 11.5 Å². The Kier molecular flexibility index (Phi) is 5.74. The second-order valence-electron chi connectivity index (χ2n) is 8.80. The Labute approximate surface area is 207 Å². The van der Waals surface area contributed by atoms with Crippen molar-refractivity contribution >= 4 is 33.8 Å². The van der Waals surface area contributed by atoms with Crippen LogP contribution in [0.5, 0.6) is 0 Å². The van der Waals surface area contributed by atoms with E-state index in [1.165, 1.54) is 0 Å². The van der Waals surface area contributed by atoms with E-state index in [0.29, 0.717) is 53.9 Å². The minimum atomic E-state index is -1.01. The Morgan fingerprint density at radius 1 is 1.22 bits per heavy atom. The summed E-state index contributed by atoms with van der Waals surface area (Å²) in [4.78, 5) is 23.7. The lowest BCUT2D eigenvalue weighted by molar-refractivity contribution is 0.122. The van der Waals surface area contributed by atoms with Gasteiger partial charge in [-0.3, -0.25) is 4.68 Å². The molecule has 0 aliphatic carbocycles. The molecule has 12 nitrogen and oxygen atoms in total. The van der Waals surface area contributed by atoms with Crippen molar-refractivity contribution in [3.8, 4) is 0 Å². The summed E-state index contributed by atoms with van der Waals surface area (Å²) in [5, 5.41) is 22.6. The number of aliphatic hydroxyl groups is 1. The number of rotatable bonds is 6. The molecule has 2 atom stereocenters. The van der Waals surface area contributed by atoms with E-state index in [0.717, 1.165) is 30.1 Å². The Hall–Kier alpha value is -4.03. The maximum atomic E-state index is 11.2. The summed E-state index contributed by atoms with van der Waals surface area (Å²) >= 11 is 0. The van der Waals surface area contributed by atoms with E-state index in [-0.39, 0.29) is 6.04 Å². The van der Waals surface area contributed by atoms with E-state index in [4.69, 9.17) is 14.8 Å². The minimum absolute atomic E-state index is 0.236. The number of hydrogen-bond donors (Lipinski definition) is 4. The zero-order valence-electron chi connectivity index (χ0n) is 20.1. The smallest absolute Gasteiger partial charge is 0.156 e. The summed E-state index contributed by atoms with van der Waals surface area (Å²) in [6.07, 6.45) is 6.06. The zero-order valence-corrected chi connectivity index (χ0v) is 20.1. The van der Waals surface area contributed by atoms with Gasteiger partial charge in [-0.1, -0.05) is 0 Å². The second kappa shape index (κ2) is 9.21. The minimum Gasteiger partial charge on any atom is -0.378 e. The molecule has 1 unspecified atom stereocenters. The van der Waals surface area contributed by atoms with Crippen molar-refractivity contribution < 1.29 is 9.84 Å². The van der Waals surface area contributed by atoms with Crippen LogP contribution in [-0.2, 0) is 11.3 Å². The molecule has 4 aromatic heterocycles. The number of anilines is 2. The van der Waals surface area contributed by atoms with Gasteiger partial charge in [0.15, 0.2) is 6.23 Å². The van der Waals surface area contributed by atoms with Crippen LogP contribution in [0.1, 0.15) is 37.2 Å². The summed E-state index contributed by atoms with van der Waals surface area (Å²) in [5.74, 6) is 2.04. The molecular formula is C24H28N10O2. The number of pyridine rings is 1. The van der Waals surface area contributed by atoms with E-state index >= 15 is 0 Å². The lowest BCUT2D eigenvalue weighted by Crippen LogP contribution is -2.36. The highest BCUT2D eigenvalue weighted by molar-refractivity contribution is 5.97. The number of aromatic nitrogens is 7. The average molecular weight is 489 g/mol. The first-order chi connectivity index (χ1) is 17.6. The molecule has 0 spiro atoms. The van der Waals surface area contributed by atoms with E-state index in [1.807, 2.05) is 30.8 Å². The number of hydrogen-bond acceptors (Lipinski definition) is 10. The quantitative estimate of drug-likeness (QED) is 0.317. The van der Waals surface area contributed by atoms with Crippen molar-refractivity contribution in [2.24, 2.45) is 0 Å². The molecule has 1 fully saturated rings. The Morgan fingerprint density at radius 3 is 2.81 bits per heavy atom. The maximum absolute atomic E-state index is 11.2. The van der Waals surface area contributed by atoms with Gasteiger partial charge < -0.3 is 30.4 Å². The van der Waals surface area contributed by atoms with Crippen LogP contribution in [0.2, 0.25) is 0 Å². The van der Waals surface area contributed by atoms with Gasteiger partial charge in [0.1, 0.15) is 28.7 Å².